The van der Waals surface area contributed by atoms with E-state index < -0.39 is 0 Å². The Kier molecular flexibility index (Phi) is 1.73. The van der Waals surface area contributed by atoms with Crippen molar-refractivity contribution in [1.82, 2.24) is 4.98 Å². The molecule has 0 saturated heterocycles. The Balaban J connectivity index is 2.37. The van der Waals surface area contributed by atoms with Gasteiger partial charge in [-0.15, -0.1) is 11.3 Å². The summed E-state index contributed by atoms with van der Waals surface area (Å²) in [4.78, 5) is 15.8. The molecule has 0 aliphatic carbocycles. The molecule has 1 amide bonds. The molecule has 1 aromatic heterocycles. The zero-order chi connectivity index (χ0) is 8.55. The number of nitrogens with zero attached hydrogens (tertiary/aromatic N) is 1. The first kappa shape index (κ1) is 7.54. The molecule has 0 radical (unpaired) electrons. The first-order chi connectivity index (χ1) is 5.79. The molecule has 2 rings (SSSR count). The van der Waals surface area contributed by atoms with E-state index in [9.17, 15) is 4.79 Å². The van der Waals surface area contributed by atoms with Gasteiger partial charge in [-0.05, 0) is 6.42 Å². The lowest BCUT2D eigenvalue weighted by Gasteiger charge is -2.18. The Morgan fingerprint density at radius 2 is 2.67 bits per heavy atom. The van der Waals surface area contributed by atoms with E-state index in [4.69, 9.17) is 10.5 Å². The number of aromatic nitrogens is 1. The molecular formula is C7H8N2O2S. The molecule has 1 unspecified atom stereocenters. The van der Waals surface area contributed by atoms with E-state index >= 15 is 0 Å². The van der Waals surface area contributed by atoms with Crippen LogP contribution < -0.4 is 10.5 Å². The summed E-state index contributed by atoms with van der Waals surface area (Å²) in [6, 6.07) is 0. The van der Waals surface area contributed by atoms with Gasteiger partial charge in [0.1, 0.15) is 0 Å². The summed E-state index contributed by atoms with van der Waals surface area (Å²) in [6.07, 6.45) is 0.671. The van der Waals surface area contributed by atoms with Gasteiger partial charge in [-0.25, -0.2) is 4.98 Å². The summed E-state index contributed by atoms with van der Waals surface area (Å²) in [6.45, 7) is 0.532. The van der Waals surface area contributed by atoms with Gasteiger partial charge in [0.05, 0.1) is 22.9 Å². The number of ether oxygens (including phenoxy) is 1. The molecule has 0 aromatic carbocycles. The normalized spacial score (nSPS) is 21.2. The number of primary amides is 1. The fourth-order valence-electron chi connectivity index (χ4n) is 1.26. The molecule has 64 valence electrons. The zero-order valence-corrected chi connectivity index (χ0v) is 7.13. The highest BCUT2D eigenvalue weighted by molar-refractivity contribution is 7.10. The smallest absolute Gasteiger partial charge is 0.228 e. The van der Waals surface area contributed by atoms with Crippen LogP contribution in [0.25, 0.3) is 0 Å². The molecule has 1 aliphatic heterocycles. The van der Waals surface area contributed by atoms with Crippen LogP contribution in [0.3, 0.4) is 0 Å². The predicted octanol–water partition coefficient (Wildman–Crippen LogP) is 0.494. The van der Waals surface area contributed by atoms with E-state index in [1.165, 1.54) is 11.3 Å². The van der Waals surface area contributed by atoms with E-state index in [2.05, 4.69) is 4.98 Å². The first-order valence-electron chi connectivity index (χ1n) is 3.64. The van der Waals surface area contributed by atoms with Gasteiger partial charge in [-0.1, -0.05) is 0 Å². The highest BCUT2D eigenvalue weighted by atomic mass is 32.1. The number of hydrogen-bond acceptors (Lipinski definition) is 4. The van der Waals surface area contributed by atoms with Crippen LogP contribution in [0.5, 0.6) is 5.88 Å². The summed E-state index contributed by atoms with van der Waals surface area (Å²) in [7, 11) is 0. The van der Waals surface area contributed by atoms with E-state index in [0.717, 1.165) is 4.88 Å². The van der Waals surface area contributed by atoms with E-state index in [-0.39, 0.29) is 11.8 Å². The lowest BCUT2D eigenvalue weighted by molar-refractivity contribution is -0.120. The third kappa shape index (κ3) is 1.06. The van der Waals surface area contributed by atoms with Crippen molar-refractivity contribution in [3.05, 3.63) is 10.4 Å². The summed E-state index contributed by atoms with van der Waals surface area (Å²) in [5.41, 5.74) is 6.90. The molecule has 1 atom stereocenters. The SMILES string of the molecule is NC(=O)C1CCOc2ncsc21. The number of rotatable bonds is 1. The largest absolute Gasteiger partial charge is 0.477 e. The number of fused-ring (bicyclic) bond motifs is 1. The Hall–Kier alpha value is -1.10. The lowest BCUT2D eigenvalue weighted by Crippen LogP contribution is -2.25. The average molecular weight is 184 g/mol. The molecule has 12 heavy (non-hydrogen) atoms. The van der Waals surface area contributed by atoms with Crippen LogP contribution >= 0.6 is 11.3 Å². The molecule has 2 N–H and O–H groups in total. The second-order valence-corrected chi connectivity index (χ2v) is 3.50. The van der Waals surface area contributed by atoms with Crippen LogP contribution in [0, 0.1) is 0 Å². The molecule has 5 heteroatoms. The van der Waals surface area contributed by atoms with Crippen molar-refractivity contribution in [2.75, 3.05) is 6.61 Å². The van der Waals surface area contributed by atoms with Crippen molar-refractivity contribution in [2.45, 2.75) is 12.3 Å². The summed E-state index contributed by atoms with van der Waals surface area (Å²) < 4.78 is 5.24. The molecule has 2 heterocycles. The third-order valence-electron chi connectivity index (χ3n) is 1.87. The van der Waals surface area contributed by atoms with E-state index in [1.807, 2.05) is 0 Å². The number of nitrogens with two attached hydrogens (primary N) is 1. The molecule has 4 nitrogen and oxygen atoms in total. The van der Waals surface area contributed by atoms with Gasteiger partial charge in [0.15, 0.2) is 0 Å². The standard InChI is InChI=1S/C7H8N2O2S/c8-6(10)4-1-2-11-7-5(4)12-3-9-7/h3-4H,1-2H2,(H2,8,10). The maximum atomic E-state index is 11.0. The predicted molar refractivity (Wildman–Crippen MR) is 44.2 cm³/mol. The highest BCUT2D eigenvalue weighted by Crippen LogP contribution is 2.35. The minimum absolute atomic E-state index is 0.193. The Morgan fingerprint density at radius 1 is 1.83 bits per heavy atom. The molecule has 0 spiro atoms. The highest BCUT2D eigenvalue weighted by Gasteiger charge is 2.28. The Labute approximate surface area is 73.4 Å². The number of amides is 1. The third-order valence-corrected chi connectivity index (χ3v) is 2.79. The van der Waals surface area contributed by atoms with E-state index in [0.29, 0.717) is 18.9 Å². The van der Waals surface area contributed by atoms with Gasteiger partial charge in [0.2, 0.25) is 11.8 Å². The quantitative estimate of drug-likeness (QED) is 0.691. The van der Waals surface area contributed by atoms with Crippen LogP contribution in [0.4, 0.5) is 0 Å². The van der Waals surface area contributed by atoms with Gasteiger partial charge in [0, 0.05) is 0 Å². The topological polar surface area (TPSA) is 65.2 Å². The van der Waals surface area contributed by atoms with Crippen molar-refractivity contribution < 1.29 is 9.53 Å². The number of carbonyl (C=O) groups excluding carboxylic acids is 1. The molecule has 1 aliphatic rings. The molecule has 0 saturated carbocycles. The van der Waals surface area contributed by atoms with Crippen molar-refractivity contribution in [1.29, 1.82) is 0 Å². The van der Waals surface area contributed by atoms with Crippen LogP contribution in [0.1, 0.15) is 17.2 Å². The van der Waals surface area contributed by atoms with Crippen LogP contribution in [-0.2, 0) is 4.79 Å². The summed E-state index contributed by atoms with van der Waals surface area (Å²) in [5.74, 6) is 0.0973. The van der Waals surface area contributed by atoms with Crippen LogP contribution in [0.15, 0.2) is 5.51 Å². The second-order valence-electron chi connectivity index (χ2n) is 2.61. The van der Waals surface area contributed by atoms with Crippen molar-refractivity contribution >= 4 is 17.2 Å². The maximum absolute atomic E-state index is 11.0. The fraction of sp³-hybridized carbons (Fsp3) is 0.429. The summed E-state index contributed by atoms with van der Waals surface area (Å²) in [5, 5.41) is 0. The number of hydrogen-bond donors (Lipinski definition) is 1. The minimum atomic E-state index is -0.288. The lowest BCUT2D eigenvalue weighted by atomic mass is 10.0. The van der Waals surface area contributed by atoms with Crippen molar-refractivity contribution in [2.24, 2.45) is 5.73 Å². The average Bonchev–Trinajstić information content (AvgIpc) is 2.49. The van der Waals surface area contributed by atoms with Gasteiger partial charge in [0.25, 0.3) is 0 Å². The van der Waals surface area contributed by atoms with Crippen molar-refractivity contribution in [3.63, 3.8) is 0 Å². The zero-order valence-electron chi connectivity index (χ0n) is 6.32. The molecule has 1 aromatic rings. The number of thiazole rings is 1. The molecule has 0 bridgehead atoms. The monoisotopic (exact) mass is 184 g/mol. The van der Waals surface area contributed by atoms with Gasteiger partial charge >= 0.3 is 0 Å². The number of carbonyl (C=O) groups is 1. The Bertz CT molecular complexity index is 310. The minimum Gasteiger partial charge on any atom is -0.477 e. The first-order valence-corrected chi connectivity index (χ1v) is 4.52. The van der Waals surface area contributed by atoms with Crippen LogP contribution in [-0.4, -0.2) is 17.5 Å². The molecular weight excluding hydrogens is 176 g/mol. The van der Waals surface area contributed by atoms with Gasteiger partial charge in [-0.3, -0.25) is 4.79 Å². The van der Waals surface area contributed by atoms with Gasteiger partial charge in [-0.2, -0.15) is 0 Å². The Morgan fingerprint density at radius 3 is 3.42 bits per heavy atom. The maximum Gasteiger partial charge on any atom is 0.228 e. The molecule has 0 fully saturated rings. The summed E-state index contributed by atoms with van der Waals surface area (Å²) >= 11 is 1.42. The fourth-order valence-corrected chi connectivity index (χ4v) is 2.13. The second kappa shape index (κ2) is 2.75. The van der Waals surface area contributed by atoms with E-state index in [1.54, 1.807) is 5.51 Å². The van der Waals surface area contributed by atoms with Gasteiger partial charge < -0.3 is 10.5 Å². The van der Waals surface area contributed by atoms with Crippen LogP contribution in [0.2, 0.25) is 0 Å². The van der Waals surface area contributed by atoms with Crippen molar-refractivity contribution in [3.8, 4) is 5.88 Å².